The van der Waals surface area contributed by atoms with Gasteiger partial charge in [-0.3, -0.25) is 24.1 Å². The molecule has 0 aliphatic heterocycles. The van der Waals surface area contributed by atoms with E-state index in [9.17, 15) is 19.2 Å². The van der Waals surface area contributed by atoms with Gasteiger partial charge in [-0.05, 0) is 36.7 Å². The van der Waals surface area contributed by atoms with Crippen LogP contribution in [0.3, 0.4) is 0 Å². The van der Waals surface area contributed by atoms with E-state index in [1.807, 2.05) is 12.1 Å². The highest BCUT2D eigenvalue weighted by Crippen LogP contribution is 2.41. The summed E-state index contributed by atoms with van der Waals surface area (Å²) in [5.41, 5.74) is 12.3. The monoisotopic (exact) mass is 580 g/mol. The maximum absolute atomic E-state index is 14.3. The van der Waals surface area contributed by atoms with E-state index in [4.69, 9.17) is 25.7 Å². The molecule has 4 aromatic rings. The molecule has 0 radical (unpaired) electrons. The Bertz CT molecular complexity index is 1610. The van der Waals surface area contributed by atoms with Gasteiger partial charge in [-0.15, -0.1) is 0 Å². The number of primary amides is 1. The van der Waals surface area contributed by atoms with Crippen LogP contribution in [0, 0.1) is 0 Å². The highest BCUT2D eigenvalue weighted by Gasteiger charge is 2.38. The quantitative estimate of drug-likeness (QED) is 0.193. The van der Waals surface area contributed by atoms with Crippen molar-refractivity contribution in [3.63, 3.8) is 0 Å². The number of aromatic nitrogens is 2. The summed E-state index contributed by atoms with van der Waals surface area (Å²) in [6, 6.07) is 10.5. The summed E-state index contributed by atoms with van der Waals surface area (Å²) in [6.07, 6.45) is 1.60. The summed E-state index contributed by atoms with van der Waals surface area (Å²) in [4.78, 5) is 56.4. The molecule has 1 unspecified atom stereocenters. The third kappa shape index (κ3) is 5.77. The molecule has 3 amide bonds. The fourth-order valence-electron chi connectivity index (χ4n) is 4.27. The number of rotatable bonds is 11. The minimum Gasteiger partial charge on any atom is -0.497 e. The van der Waals surface area contributed by atoms with E-state index < -0.39 is 36.3 Å². The molecule has 6 N–H and O–H groups in total. The largest absolute Gasteiger partial charge is 0.497 e. The lowest BCUT2D eigenvalue weighted by atomic mass is 10.0. The van der Waals surface area contributed by atoms with Gasteiger partial charge in [0.25, 0.3) is 11.8 Å². The molecule has 2 heterocycles. The van der Waals surface area contributed by atoms with Crippen molar-refractivity contribution < 1.29 is 33.4 Å². The van der Waals surface area contributed by atoms with Crippen LogP contribution in [0.1, 0.15) is 38.7 Å². The third-order valence-electron chi connectivity index (χ3n) is 6.16. The standard InChI is InChI=1S/C27H28N6O7S/c1-4-40-20(34)13-31-26(36)23(16-12-30-17-8-6-5-7-15(16)17)33(18-10-9-14(38-2)11-19(18)39-3)27(37)24-21(28)22(25(29)35)32-41-24/h5-12,23,30H,4,13,28H2,1-3H3,(H2,29,35)(H,31,36). The Morgan fingerprint density at radius 1 is 1.12 bits per heavy atom. The van der Waals surface area contributed by atoms with Crippen molar-refractivity contribution in [2.24, 2.45) is 5.73 Å². The number of H-pyrrole nitrogens is 1. The lowest BCUT2D eigenvalue weighted by Gasteiger charge is -2.32. The van der Waals surface area contributed by atoms with E-state index >= 15 is 0 Å². The average Bonchev–Trinajstić information content (AvgIpc) is 3.57. The first-order chi connectivity index (χ1) is 19.7. The summed E-state index contributed by atoms with van der Waals surface area (Å²) >= 11 is 0.665. The molecule has 0 spiro atoms. The second-order valence-electron chi connectivity index (χ2n) is 8.57. The average molecular weight is 581 g/mol. The number of nitrogen functional groups attached to an aromatic ring is 1. The van der Waals surface area contributed by atoms with Gasteiger partial charge in [0.1, 0.15) is 29.0 Å². The fraction of sp³-hybridized carbons (Fsp3) is 0.222. The molecular formula is C27H28N6O7S. The molecular weight excluding hydrogens is 552 g/mol. The molecule has 41 heavy (non-hydrogen) atoms. The molecule has 0 aliphatic rings. The zero-order valence-corrected chi connectivity index (χ0v) is 23.2. The lowest BCUT2D eigenvalue weighted by Crippen LogP contribution is -2.45. The second kappa shape index (κ2) is 12.4. The number of carbonyl (C=O) groups is 4. The molecule has 0 saturated heterocycles. The first kappa shape index (κ1) is 28.9. The number of para-hydroxylation sites is 1. The van der Waals surface area contributed by atoms with E-state index in [1.54, 1.807) is 43.5 Å². The van der Waals surface area contributed by atoms with E-state index in [0.29, 0.717) is 33.7 Å². The van der Waals surface area contributed by atoms with Crippen LogP contribution in [0.25, 0.3) is 10.9 Å². The molecule has 2 aromatic heterocycles. The zero-order valence-electron chi connectivity index (χ0n) is 22.4. The van der Waals surface area contributed by atoms with Crippen LogP contribution < -0.4 is 31.2 Å². The normalized spacial score (nSPS) is 11.5. The summed E-state index contributed by atoms with van der Waals surface area (Å²) < 4.78 is 19.8. The molecule has 14 heteroatoms. The fourth-order valence-corrected chi connectivity index (χ4v) is 5.02. The topological polar surface area (TPSA) is 192 Å². The first-order valence-electron chi connectivity index (χ1n) is 12.3. The van der Waals surface area contributed by atoms with Crippen LogP contribution >= 0.6 is 11.5 Å². The predicted molar refractivity (Wildman–Crippen MR) is 152 cm³/mol. The number of fused-ring (bicyclic) bond motifs is 1. The SMILES string of the molecule is CCOC(=O)CNC(=O)C(c1c[nH]c2ccccc12)N(C(=O)c1snc(C(N)=O)c1N)c1ccc(OC)cc1OC. The number of nitrogens with one attached hydrogen (secondary N) is 2. The summed E-state index contributed by atoms with van der Waals surface area (Å²) in [6.45, 7) is 1.33. The highest BCUT2D eigenvalue weighted by atomic mass is 32.1. The number of aromatic amines is 1. The number of nitrogens with two attached hydrogens (primary N) is 2. The number of carbonyl (C=O) groups excluding carboxylic acids is 4. The van der Waals surface area contributed by atoms with E-state index in [0.717, 1.165) is 0 Å². The smallest absolute Gasteiger partial charge is 0.325 e. The van der Waals surface area contributed by atoms with Crippen molar-refractivity contribution in [3.8, 4) is 11.5 Å². The summed E-state index contributed by atoms with van der Waals surface area (Å²) in [5.74, 6) is -2.41. The summed E-state index contributed by atoms with van der Waals surface area (Å²) in [5, 5.41) is 3.21. The molecule has 13 nitrogen and oxygen atoms in total. The number of esters is 1. The maximum atomic E-state index is 14.3. The minimum absolute atomic E-state index is 0.125. The van der Waals surface area contributed by atoms with Crippen LogP contribution in [0.15, 0.2) is 48.7 Å². The molecule has 0 fully saturated rings. The number of hydrogen-bond donors (Lipinski definition) is 4. The van der Waals surface area contributed by atoms with Crippen LogP contribution in [0.4, 0.5) is 11.4 Å². The maximum Gasteiger partial charge on any atom is 0.325 e. The molecule has 2 aromatic carbocycles. The molecule has 214 valence electrons. The van der Waals surface area contributed by atoms with Crippen LogP contribution in [-0.4, -0.2) is 60.4 Å². The van der Waals surface area contributed by atoms with Gasteiger partial charge >= 0.3 is 5.97 Å². The van der Waals surface area contributed by atoms with Crippen molar-refractivity contribution in [2.75, 3.05) is 38.0 Å². The molecule has 0 aliphatic carbocycles. The first-order valence-corrected chi connectivity index (χ1v) is 13.1. The van der Waals surface area contributed by atoms with Crippen LogP contribution in [-0.2, 0) is 14.3 Å². The second-order valence-corrected chi connectivity index (χ2v) is 9.34. The van der Waals surface area contributed by atoms with Gasteiger partial charge in [-0.25, -0.2) is 0 Å². The van der Waals surface area contributed by atoms with Crippen molar-refractivity contribution in [3.05, 3.63) is 64.8 Å². The lowest BCUT2D eigenvalue weighted by molar-refractivity contribution is -0.143. The van der Waals surface area contributed by atoms with Gasteiger partial charge in [0, 0.05) is 28.7 Å². The van der Waals surface area contributed by atoms with Gasteiger partial charge in [0.15, 0.2) is 5.69 Å². The van der Waals surface area contributed by atoms with Crippen molar-refractivity contribution in [2.45, 2.75) is 13.0 Å². The van der Waals surface area contributed by atoms with Crippen LogP contribution in [0.5, 0.6) is 11.5 Å². The Kier molecular flexibility index (Phi) is 8.72. The van der Waals surface area contributed by atoms with Gasteiger partial charge in [-0.2, -0.15) is 4.37 Å². The predicted octanol–water partition coefficient (Wildman–Crippen LogP) is 2.39. The number of nitrogens with zero attached hydrogens (tertiary/aromatic N) is 2. The molecule has 0 saturated carbocycles. The van der Waals surface area contributed by atoms with Crippen molar-refractivity contribution in [1.29, 1.82) is 0 Å². The van der Waals surface area contributed by atoms with Crippen molar-refractivity contribution in [1.82, 2.24) is 14.7 Å². The van der Waals surface area contributed by atoms with Crippen LogP contribution in [0.2, 0.25) is 0 Å². The number of anilines is 2. The Balaban J connectivity index is 1.96. The third-order valence-corrected chi connectivity index (χ3v) is 7.01. The highest BCUT2D eigenvalue weighted by molar-refractivity contribution is 7.09. The van der Waals surface area contributed by atoms with Gasteiger partial charge in [0.2, 0.25) is 5.91 Å². The minimum atomic E-state index is -1.37. The number of benzene rings is 2. The Hall–Kier alpha value is -5.11. The Morgan fingerprint density at radius 3 is 2.54 bits per heavy atom. The molecule has 4 rings (SSSR count). The van der Waals surface area contributed by atoms with Gasteiger partial charge in [0.05, 0.1) is 32.2 Å². The number of hydrogen-bond acceptors (Lipinski definition) is 10. The van der Waals surface area contributed by atoms with Gasteiger partial charge in [-0.1, -0.05) is 18.2 Å². The molecule has 1 atom stereocenters. The number of ether oxygens (including phenoxy) is 3. The number of methoxy groups -OCH3 is 2. The molecule has 0 bridgehead atoms. The van der Waals surface area contributed by atoms with E-state index in [1.165, 1.54) is 19.1 Å². The van der Waals surface area contributed by atoms with Gasteiger partial charge < -0.3 is 36.0 Å². The Labute approximate surface area is 238 Å². The zero-order chi connectivity index (χ0) is 29.7. The Morgan fingerprint density at radius 2 is 1.88 bits per heavy atom. The van der Waals surface area contributed by atoms with Crippen molar-refractivity contribution >= 4 is 57.5 Å². The van der Waals surface area contributed by atoms with E-state index in [2.05, 4.69) is 14.7 Å². The summed E-state index contributed by atoms with van der Waals surface area (Å²) in [7, 11) is 2.87. The number of amides is 3. The van der Waals surface area contributed by atoms with E-state index in [-0.39, 0.29) is 34.3 Å².